The summed E-state index contributed by atoms with van der Waals surface area (Å²) in [5, 5.41) is 8.21. The first-order valence-corrected chi connectivity index (χ1v) is 7.85. The van der Waals surface area contributed by atoms with Crippen LogP contribution in [0.4, 0.5) is 8.78 Å². The normalized spacial score (nSPS) is 20.0. The molecule has 1 aliphatic heterocycles. The predicted octanol–water partition coefficient (Wildman–Crippen LogP) is 1.76. The number of hydrogen-bond donors (Lipinski definition) is 0. The fraction of sp³-hybridized carbons (Fsp3) is 0.500. The van der Waals surface area contributed by atoms with E-state index in [2.05, 4.69) is 26.9 Å². The topological polar surface area (TPSA) is 37.2 Å². The minimum absolute atomic E-state index is 0.334. The SMILES string of the molecule is CC1CN(CCn2nccn2)CCN1Cc1cc(F)cc(F)c1. The maximum Gasteiger partial charge on any atom is 0.126 e. The summed E-state index contributed by atoms with van der Waals surface area (Å²) in [6.07, 6.45) is 3.36. The van der Waals surface area contributed by atoms with Crippen LogP contribution in [-0.2, 0) is 13.1 Å². The molecule has 0 radical (unpaired) electrons. The van der Waals surface area contributed by atoms with Gasteiger partial charge in [-0.1, -0.05) is 0 Å². The minimum Gasteiger partial charge on any atom is -0.299 e. The van der Waals surface area contributed by atoms with E-state index in [1.165, 1.54) is 12.1 Å². The molecular weight excluding hydrogens is 300 g/mol. The Morgan fingerprint density at radius 1 is 1.04 bits per heavy atom. The van der Waals surface area contributed by atoms with Crippen molar-refractivity contribution in [3.05, 3.63) is 47.8 Å². The van der Waals surface area contributed by atoms with Crippen LogP contribution < -0.4 is 0 Å². The van der Waals surface area contributed by atoms with Gasteiger partial charge >= 0.3 is 0 Å². The Hall–Kier alpha value is -1.86. The van der Waals surface area contributed by atoms with E-state index in [1.807, 2.05) is 0 Å². The molecule has 124 valence electrons. The first kappa shape index (κ1) is 16.0. The highest BCUT2D eigenvalue weighted by atomic mass is 19.1. The molecule has 1 aromatic heterocycles. The Kier molecular flexibility index (Phi) is 4.97. The molecule has 1 unspecified atom stereocenters. The van der Waals surface area contributed by atoms with Crippen LogP contribution in [0, 0.1) is 11.6 Å². The lowest BCUT2D eigenvalue weighted by molar-refractivity contribution is 0.0740. The molecule has 1 saturated heterocycles. The Labute approximate surface area is 134 Å². The summed E-state index contributed by atoms with van der Waals surface area (Å²) in [5.74, 6) is -1.03. The van der Waals surface area contributed by atoms with Crippen molar-refractivity contribution in [3.63, 3.8) is 0 Å². The molecule has 1 fully saturated rings. The summed E-state index contributed by atoms with van der Waals surface area (Å²) < 4.78 is 26.6. The Morgan fingerprint density at radius 3 is 2.39 bits per heavy atom. The number of rotatable bonds is 5. The lowest BCUT2D eigenvalue weighted by atomic mass is 10.1. The van der Waals surface area contributed by atoms with Gasteiger partial charge in [0.05, 0.1) is 18.9 Å². The zero-order valence-corrected chi connectivity index (χ0v) is 13.2. The largest absolute Gasteiger partial charge is 0.299 e. The van der Waals surface area contributed by atoms with Gasteiger partial charge in [-0.2, -0.15) is 15.0 Å². The van der Waals surface area contributed by atoms with Crippen molar-refractivity contribution in [2.24, 2.45) is 0 Å². The molecule has 2 aromatic rings. The maximum atomic E-state index is 13.3. The van der Waals surface area contributed by atoms with E-state index in [0.29, 0.717) is 18.2 Å². The van der Waals surface area contributed by atoms with Crippen LogP contribution in [-0.4, -0.2) is 57.0 Å². The van der Waals surface area contributed by atoms with Crippen LogP contribution in [0.5, 0.6) is 0 Å². The quantitative estimate of drug-likeness (QED) is 0.841. The molecule has 0 saturated carbocycles. The van der Waals surface area contributed by atoms with Crippen molar-refractivity contribution in [1.82, 2.24) is 24.8 Å². The smallest absolute Gasteiger partial charge is 0.126 e. The lowest BCUT2D eigenvalue weighted by Crippen LogP contribution is -2.51. The molecule has 3 rings (SSSR count). The van der Waals surface area contributed by atoms with Crippen LogP contribution in [0.2, 0.25) is 0 Å². The molecule has 1 aliphatic rings. The number of piperazine rings is 1. The monoisotopic (exact) mass is 321 g/mol. The maximum absolute atomic E-state index is 13.3. The first-order chi connectivity index (χ1) is 11.1. The van der Waals surface area contributed by atoms with E-state index >= 15 is 0 Å². The van der Waals surface area contributed by atoms with Crippen molar-refractivity contribution >= 4 is 0 Å². The van der Waals surface area contributed by atoms with Crippen molar-refractivity contribution < 1.29 is 8.78 Å². The van der Waals surface area contributed by atoms with Crippen molar-refractivity contribution in [3.8, 4) is 0 Å². The summed E-state index contributed by atoms with van der Waals surface area (Å²) in [7, 11) is 0. The third kappa shape index (κ3) is 4.33. The summed E-state index contributed by atoms with van der Waals surface area (Å²) in [5.41, 5.74) is 0.684. The van der Waals surface area contributed by atoms with E-state index < -0.39 is 11.6 Å². The zero-order valence-electron chi connectivity index (χ0n) is 13.2. The van der Waals surface area contributed by atoms with Crippen LogP contribution in [0.25, 0.3) is 0 Å². The average molecular weight is 321 g/mol. The van der Waals surface area contributed by atoms with Crippen LogP contribution in [0.1, 0.15) is 12.5 Å². The van der Waals surface area contributed by atoms with Gasteiger partial charge in [0.15, 0.2) is 0 Å². The standard InChI is InChI=1S/C16H21F2N5/c1-13-11-21(5-7-23-19-2-3-20-23)4-6-22(13)12-14-8-15(17)10-16(18)9-14/h2-3,8-10,13H,4-7,11-12H2,1H3. The summed E-state index contributed by atoms with van der Waals surface area (Å²) in [6.45, 7) is 7.14. The molecule has 0 aliphatic carbocycles. The van der Waals surface area contributed by atoms with Crippen LogP contribution in [0.3, 0.4) is 0 Å². The molecule has 23 heavy (non-hydrogen) atoms. The summed E-state index contributed by atoms with van der Waals surface area (Å²) >= 11 is 0. The predicted molar refractivity (Wildman–Crippen MR) is 82.7 cm³/mol. The highest BCUT2D eigenvalue weighted by Crippen LogP contribution is 2.16. The molecule has 0 amide bonds. The molecule has 0 spiro atoms. The average Bonchev–Trinajstić information content (AvgIpc) is 3.00. The molecule has 0 N–H and O–H groups in total. The van der Waals surface area contributed by atoms with E-state index in [4.69, 9.17) is 0 Å². The molecule has 1 aromatic carbocycles. The Balaban J connectivity index is 1.52. The van der Waals surface area contributed by atoms with Crippen molar-refractivity contribution in [2.45, 2.75) is 26.1 Å². The van der Waals surface area contributed by atoms with Gasteiger partial charge in [0, 0.05) is 44.8 Å². The van der Waals surface area contributed by atoms with Gasteiger partial charge in [0.25, 0.3) is 0 Å². The fourth-order valence-corrected chi connectivity index (χ4v) is 3.04. The van der Waals surface area contributed by atoms with Crippen molar-refractivity contribution in [1.29, 1.82) is 0 Å². The van der Waals surface area contributed by atoms with E-state index in [1.54, 1.807) is 17.2 Å². The second-order valence-electron chi connectivity index (χ2n) is 6.02. The Bertz CT molecular complexity index is 611. The first-order valence-electron chi connectivity index (χ1n) is 7.85. The molecule has 5 nitrogen and oxygen atoms in total. The highest BCUT2D eigenvalue weighted by molar-refractivity contribution is 5.18. The van der Waals surface area contributed by atoms with E-state index in [-0.39, 0.29) is 0 Å². The van der Waals surface area contributed by atoms with Crippen LogP contribution >= 0.6 is 0 Å². The second kappa shape index (κ2) is 7.14. The molecule has 2 heterocycles. The number of aromatic nitrogens is 3. The lowest BCUT2D eigenvalue weighted by Gasteiger charge is -2.39. The highest BCUT2D eigenvalue weighted by Gasteiger charge is 2.23. The van der Waals surface area contributed by atoms with Gasteiger partial charge < -0.3 is 0 Å². The van der Waals surface area contributed by atoms with Gasteiger partial charge in [-0.05, 0) is 24.6 Å². The number of hydrogen-bond acceptors (Lipinski definition) is 4. The van der Waals surface area contributed by atoms with Gasteiger partial charge in [-0.15, -0.1) is 0 Å². The molecule has 0 bridgehead atoms. The third-order valence-electron chi connectivity index (χ3n) is 4.24. The summed E-state index contributed by atoms with van der Waals surface area (Å²) in [4.78, 5) is 6.32. The van der Waals surface area contributed by atoms with Gasteiger partial charge in [-0.3, -0.25) is 9.80 Å². The van der Waals surface area contributed by atoms with E-state index in [0.717, 1.165) is 38.8 Å². The molecule has 7 heteroatoms. The van der Waals surface area contributed by atoms with E-state index in [9.17, 15) is 8.78 Å². The summed E-state index contributed by atoms with van der Waals surface area (Å²) in [6, 6.07) is 4.06. The number of halogens is 2. The third-order valence-corrected chi connectivity index (χ3v) is 4.24. The van der Waals surface area contributed by atoms with Gasteiger partial charge in [0.1, 0.15) is 11.6 Å². The zero-order chi connectivity index (χ0) is 16.2. The fourth-order valence-electron chi connectivity index (χ4n) is 3.04. The Morgan fingerprint density at radius 2 is 1.74 bits per heavy atom. The van der Waals surface area contributed by atoms with Gasteiger partial charge in [-0.25, -0.2) is 8.78 Å². The van der Waals surface area contributed by atoms with Gasteiger partial charge in [0.2, 0.25) is 0 Å². The van der Waals surface area contributed by atoms with Crippen LogP contribution in [0.15, 0.2) is 30.6 Å². The minimum atomic E-state index is -0.516. The second-order valence-corrected chi connectivity index (χ2v) is 6.02. The van der Waals surface area contributed by atoms with Crippen molar-refractivity contribution in [2.75, 3.05) is 26.2 Å². The number of nitrogens with zero attached hydrogens (tertiary/aromatic N) is 5. The molecule has 1 atom stereocenters. The molecular formula is C16H21F2N5. The number of benzene rings is 1.